The molecule has 1 N–H and O–H groups in total. The molecule has 1 atom stereocenters. The maximum Gasteiger partial charge on any atom is 0.102 e. The highest BCUT2D eigenvalue weighted by molar-refractivity contribution is 5.86. The molecule has 0 radical (unpaired) electrons. The number of benzene rings is 2. The molecule has 166 valence electrons. The molecule has 4 heteroatoms. The van der Waals surface area contributed by atoms with E-state index in [2.05, 4.69) is 76.7 Å². The highest BCUT2D eigenvalue weighted by Gasteiger charge is 2.22. The molecule has 2 aliphatic rings. The van der Waals surface area contributed by atoms with E-state index in [1.807, 2.05) is 13.8 Å². The van der Waals surface area contributed by atoms with Crippen LogP contribution in [0.5, 0.6) is 0 Å². The SMILES string of the molecule is CC.CC(Cc1ccc(CCC2=NCCN2)cc1)C1=NCCN1CCc1ccccc1. The molecule has 2 aliphatic heterocycles. The molecular formula is C27H38N4. The van der Waals surface area contributed by atoms with Crippen LogP contribution >= 0.6 is 0 Å². The van der Waals surface area contributed by atoms with E-state index in [1.165, 1.54) is 22.5 Å². The Bertz CT molecular complexity index is 839. The number of hydrogen-bond donors (Lipinski definition) is 1. The smallest absolute Gasteiger partial charge is 0.102 e. The second-order valence-corrected chi connectivity index (χ2v) is 8.14. The molecule has 0 saturated heterocycles. The van der Waals surface area contributed by atoms with E-state index < -0.39 is 0 Å². The molecule has 2 aromatic rings. The third kappa shape index (κ3) is 6.95. The lowest BCUT2D eigenvalue weighted by molar-refractivity contribution is 0.438. The van der Waals surface area contributed by atoms with Crippen molar-refractivity contribution in [3.05, 3.63) is 71.3 Å². The molecule has 0 aromatic heterocycles. The summed E-state index contributed by atoms with van der Waals surface area (Å²) in [5.74, 6) is 2.91. The van der Waals surface area contributed by atoms with Crippen LogP contribution in [0.25, 0.3) is 0 Å². The summed E-state index contributed by atoms with van der Waals surface area (Å²) in [6, 6.07) is 19.9. The summed E-state index contributed by atoms with van der Waals surface area (Å²) >= 11 is 0. The van der Waals surface area contributed by atoms with E-state index in [0.29, 0.717) is 5.92 Å². The third-order valence-corrected chi connectivity index (χ3v) is 5.88. The Kier molecular flexibility index (Phi) is 9.14. The van der Waals surface area contributed by atoms with E-state index in [4.69, 9.17) is 4.99 Å². The number of rotatable bonds is 9. The molecule has 0 aliphatic carbocycles. The highest BCUT2D eigenvalue weighted by Crippen LogP contribution is 2.18. The Morgan fingerprint density at radius 1 is 0.839 bits per heavy atom. The number of aliphatic imine (C=N–C) groups is 2. The summed E-state index contributed by atoms with van der Waals surface area (Å²) in [5.41, 5.74) is 4.19. The quantitative estimate of drug-likeness (QED) is 0.636. The van der Waals surface area contributed by atoms with Gasteiger partial charge < -0.3 is 10.2 Å². The van der Waals surface area contributed by atoms with Crippen LogP contribution in [0, 0.1) is 5.92 Å². The molecule has 4 nitrogen and oxygen atoms in total. The van der Waals surface area contributed by atoms with Crippen molar-refractivity contribution in [3.63, 3.8) is 0 Å². The van der Waals surface area contributed by atoms with Crippen molar-refractivity contribution in [2.45, 2.75) is 46.5 Å². The summed E-state index contributed by atoms with van der Waals surface area (Å²) in [4.78, 5) is 11.8. The predicted octanol–water partition coefficient (Wildman–Crippen LogP) is 4.78. The van der Waals surface area contributed by atoms with Crippen molar-refractivity contribution < 1.29 is 0 Å². The molecule has 0 saturated carbocycles. The van der Waals surface area contributed by atoms with Crippen molar-refractivity contribution in [1.82, 2.24) is 10.2 Å². The van der Waals surface area contributed by atoms with Gasteiger partial charge in [0.1, 0.15) is 5.84 Å². The normalized spacial score (nSPS) is 16.2. The van der Waals surface area contributed by atoms with E-state index >= 15 is 0 Å². The highest BCUT2D eigenvalue weighted by atomic mass is 15.2. The number of aryl methyl sites for hydroxylation is 1. The topological polar surface area (TPSA) is 40.0 Å². The molecule has 0 spiro atoms. The van der Waals surface area contributed by atoms with E-state index in [-0.39, 0.29) is 0 Å². The van der Waals surface area contributed by atoms with Gasteiger partial charge in [0.15, 0.2) is 0 Å². The molecule has 1 unspecified atom stereocenters. The largest absolute Gasteiger partial charge is 0.372 e. The number of amidine groups is 2. The van der Waals surface area contributed by atoms with E-state index in [0.717, 1.165) is 64.2 Å². The maximum atomic E-state index is 4.84. The van der Waals surface area contributed by atoms with Crippen molar-refractivity contribution in [3.8, 4) is 0 Å². The van der Waals surface area contributed by atoms with Crippen LogP contribution in [-0.4, -0.2) is 49.3 Å². The molecule has 0 amide bonds. The molecule has 0 bridgehead atoms. The third-order valence-electron chi connectivity index (χ3n) is 5.88. The fourth-order valence-corrected chi connectivity index (χ4v) is 4.27. The summed E-state index contributed by atoms with van der Waals surface area (Å²) in [6.07, 6.45) is 4.21. The zero-order valence-electron chi connectivity index (χ0n) is 19.5. The van der Waals surface area contributed by atoms with Crippen molar-refractivity contribution in [2.75, 3.05) is 32.7 Å². The van der Waals surface area contributed by atoms with E-state index in [9.17, 15) is 0 Å². The number of hydrogen-bond acceptors (Lipinski definition) is 4. The Morgan fingerprint density at radius 2 is 1.55 bits per heavy atom. The van der Waals surface area contributed by atoms with Crippen LogP contribution in [0.4, 0.5) is 0 Å². The van der Waals surface area contributed by atoms with Gasteiger partial charge in [0.2, 0.25) is 0 Å². The zero-order valence-corrected chi connectivity index (χ0v) is 19.5. The average molecular weight is 419 g/mol. The fourth-order valence-electron chi connectivity index (χ4n) is 4.27. The lowest BCUT2D eigenvalue weighted by Crippen LogP contribution is -2.34. The van der Waals surface area contributed by atoms with Gasteiger partial charge >= 0.3 is 0 Å². The summed E-state index contributed by atoms with van der Waals surface area (Å²) in [5, 5.41) is 3.35. The standard InChI is InChI=1S/C25H32N4.C2H6/c1-20(25-28-16-18-29(25)17-13-21-5-3-2-4-6-21)19-23-9-7-22(8-10-23)11-12-24-26-14-15-27-24;1-2/h2-10,20H,11-19H2,1H3,(H,26,27);1-2H3. The second-order valence-electron chi connectivity index (χ2n) is 8.14. The first-order valence-electron chi connectivity index (χ1n) is 12.0. The Hall–Kier alpha value is -2.62. The van der Waals surface area contributed by atoms with Crippen LogP contribution in [0.2, 0.25) is 0 Å². The van der Waals surface area contributed by atoms with Crippen LogP contribution < -0.4 is 5.32 Å². The molecule has 31 heavy (non-hydrogen) atoms. The van der Waals surface area contributed by atoms with Gasteiger partial charge in [-0.1, -0.05) is 75.4 Å². The Morgan fingerprint density at radius 3 is 2.26 bits per heavy atom. The Labute approximate surface area is 188 Å². The maximum absolute atomic E-state index is 4.84. The summed E-state index contributed by atoms with van der Waals surface area (Å²) in [6.45, 7) is 11.3. The second kappa shape index (κ2) is 12.3. The van der Waals surface area contributed by atoms with Crippen molar-refractivity contribution in [2.24, 2.45) is 15.9 Å². The predicted molar refractivity (Wildman–Crippen MR) is 133 cm³/mol. The Balaban J connectivity index is 0.00000132. The monoisotopic (exact) mass is 418 g/mol. The number of nitrogens with one attached hydrogen (secondary N) is 1. The minimum Gasteiger partial charge on any atom is -0.372 e. The molecular weight excluding hydrogens is 380 g/mol. The minimum absolute atomic E-state index is 0.455. The van der Waals surface area contributed by atoms with Gasteiger partial charge in [-0.15, -0.1) is 0 Å². The zero-order chi connectivity index (χ0) is 21.9. The molecule has 0 fully saturated rings. The summed E-state index contributed by atoms with van der Waals surface area (Å²) < 4.78 is 0. The van der Waals surface area contributed by atoms with Gasteiger partial charge in [-0.25, -0.2) is 0 Å². The van der Waals surface area contributed by atoms with Gasteiger partial charge in [-0.2, -0.15) is 0 Å². The fraction of sp³-hybridized carbons (Fsp3) is 0.481. The first kappa shape index (κ1) is 23.1. The molecule has 2 aromatic carbocycles. The first-order valence-corrected chi connectivity index (χ1v) is 12.0. The van der Waals surface area contributed by atoms with Gasteiger partial charge in [-0.05, 0) is 36.0 Å². The first-order chi connectivity index (χ1) is 15.3. The van der Waals surface area contributed by atoms with Gasteiger partial charge in [0.25, 0.3) is 0 Å². The van der Waals surface area contributed by atoms with Gasteiger partial charge in [0.05, 0.1) is 18.9 Å². The van der Waals surface area contributed by atoms with Crippen molar-refractivity contribution >= 4 is 11.7 Å². The van der Waals surface area contributed by atoms with Crippen molar-refractivity contribution in [1.29, 1.82) is 0 Å². The summed E-state index contributed by atoms with van der Waals surface area (Å²) in [7, 11) is 0. The average Bonchev–Trinajstić information content (AvgIpc) is 3.51. The van der Waals surface area contributed by atoms with Crippen LogP contribution in [0.15, 0.2) is 64.6 Å². The van der Waals surface area contributed by atoms with Crippen LogP contribution in [0.1, 0.15) is 43.9 Å². The van der Waals surface area contributed by atoms with Crippen LogP contribution in [0.3, 0.4) is 0 Å². The molecule has 4 rings (SSSR count). The van der Waals surface area contributed by atoms with Gasteiger partial charge in [-0.3, -0.25) is 9.98 Å². The lowest BCUT2D eigenvalue weighted by Gasteiger charge is -2.24. The van der Waals surface area contributed by atoms with Crippen LogP contribution in [-0.2, 0) is 19.3 Å². The van der Waals surface area contributed by atoms with Gasteiger partial charge in [0, 0.05) is 32.0 Å². The minimum atomic E-state index is 0.455. The molecule has 2 heterocycles. The number of nitrogens with zero attached hydrogens (tertiary/aromatic N) is 3. The lowest BCUT2D eigenvalue weighted by atomic mass is 9.97. The van der Waals surface area contributed by atoms with E-state index in [1.54, 1.807) is 0 Å².